The second-order valence-corrected chi connectivity index (χ2v) is 18.7. The van der Waals surface area contributed by atoms with Crippen LogP contribution >= 0.6 is 0 Å². The molecule has 0 bridgehead atoms. The first-order valence-electron chi connectivity index (χ1n) is 18.0. The summed E-state index contributed by atoms with van der Waals surface area (Å²) in [5.74, 6) is 6.42. The average molecular weight is 585 g/mol. The molecule has 0 aliphatic heterocycles. The molecule has 3 unspecified atom stereocenters. The van der Waals surface area contributed by atoms with Crippen LogP contribution in [-0.4, -0.2) is 0 Å². The topological polar surface area (TPSA) is 0 Å². The van der Waals surface area contributed by atoms with Crippen molar-refractivity contribution in [3.8, 4) is 0 Å². The molecule has 0 spiro atoms. The van der Waals surface area contributed by atoms with E-state index in [2.05, 4.69) is 150 Å². The number of aryl methyl sites for hydroxylation is 1. The van der Waals surface area contributed by atoms with Gasteiger partial charge in [-0.3, -0.25) is 0 Å². The zero-order valence-electron chi connectivity index (χ0n) is 32.6. The summed E-state index contributed by atoms with van der Waals surface area (Å²) in [5, 5.41) is 0. The smallest absolute Gasteiger partial charge is 0.0216 e. The third-order valence-corrected chi connectivity index (χ3v) is 10.2. The number of hydrogen-bond acceptors (Lipinski definition) is 0. The van der Waals surface area contributed by atoms with Gasteiger partial charge in [-0.1, -0.05) is 143 Å². The van der Waals surface area contributed by atoms with Crippen molar-refractivity contribution in [2.24, 2.45) is 51.8 Å². The summed E-state index contributed by atoms with van der Waals surface area (Å²) in [7, 11) is 0. The fourth-order valence-electron chi connectivity index (χ4n) is 7.99. The highest BCUT2D eigenvalue weighted by Gasteiger charge is 2.41. The van der Waals surface area contributed by atoms with Crippen LogP contribution in [0.1, 0.15) is 192 Å². The van der Waals surface area contributed by atoms with Gasteiger partial charge in [0.2, 0.25) is 0 Å². The predicted octanol–water partition coefficient (Wildman–Crippen LogP) is 14.5. The Morgan fingerprint density at radius 2 is 1.31 bits per heavy atom. The van der Waals surface area contributed by atoms with Crippen molar-refractivity contribution in [3.05, 3.63) is 34.9 Å². The highest BCUT2D eigenvalue weighted by atomic mass is 14.5. The van der Waals surface area contributed by atoms with Gasteiger partial charge in [-0.2, -0.15) is 0 Å². The van der Waals surface area contributed by atoms with E-state index in [1.54, 1.807) is 0 Å². The van der Waals surface area contributed by atoms with Crippen LogP contribution in [0.4, 0.5) is 0 Å². The molecule has 3 atom stereocenters. The van der Waals surface area contributed by atoms with Crippen molar-refractivity contribution in [3.63, 3.8) is 0 Å². The fourth-order valence-corrected chi connectivity index (χ4v) is 7.99. The maximum atomic E-state index is 2.53. The average Bonchev–Trinajstić information content (AvgIpc) is 2.76. The molecule has 0 aromatic heterocycles. The van der Waals surface area contributed by atoms with Crippen molar-refractivity contribution >= 4 is 0 Å². The maximum Gasteiger partial charge on any atom is -0.0216 e. The van der Waals surface area contributed by atoms with E-state index in [0.717, 1.165) is 35.5 Å². The van der Waals surface area contributed by atoms with Gasteiger partial charge in [-0.15, -0.1) is 0 Å². The lowest BCUT2D eigenvalue weighted by molar-refractivity contribution is 0.0213. The summed E-state index contributed by atoms with van der Waals surface area (Å²) in [6, 6.07) is 6.83. The Kier molecular flexibility index (Phi) is 17.3. The molecule has 1 aliphatic rings. The summed E-state index contributed by atoms with van der Waals surface area (Å²) >= 11 is 0. The SMILES string of the molecule is CC(C)CC(C)CC(C)(C)C(C)C.CC(C)CC1(C)CC(C(C)C)CC(C)(C)C1.Cc1ccc(C(C)C)cc1C(C)C. The number of rotatable bonds is 10. The maximum absolute atomic E-state index is 2.53. The van der Waals surface area contributed by atoms with Gasteiger partial charge in [-0.05, 0) is 126 Å². The molecule has 0 N–H and O–H groups in total. The molecule has 1 aromatic rings. The van der Waals surface area contributed by atoms with Crippen molar-refractivity contribution in [1.82, 2.24) is 0 Å². The van der Waals surface area contributed by atoms with Crippen molar-refractivity contribution in [2.45, 2.75) is 182 Å². The molecule has 248 valence electrons. The van der Waals surface area contributed by atoms with Crippen LogP contribution in [0, 0.1) is 58.7 Å². The molecule has 0 amide bonds. The lowest BCUT2D eigenvalue weighted by atomic mass is 9.57. The highest BCUT2D eigenvalue weighted by Crippen LogP contribution is 2.53. The molecule has 1 aliphatic carbocycles. The van der Waals surface area contributed by atoms with E-state index in [1.165, 1.54) is 55.2 Å². The third-order valence-electron chi connectivity index (χ3n) is 10.2. The van der Waals surface area contributed by atoms with Gasteiger partial charge in [-0.25, -0.2) is 0 Å². The molecular weight excluding hydrogens is 504 g/mol. The van der Waals surface area contributed by atoms with Gasteiger partial charge < -0.3 is 0 Å². The van der Waals surface area contributed by atoms with Crippen LogP contribution in [0.25, 0.3) is 0 Å². The van der Waals surface area contributed by atoms with Gasteiger partial charge in [0, 0.05) is 0 Å². The van der Waals surface area contributed by atoms with Crippen LogP contribution in [0.2, 0.25) is 0 Å². The van der Waals surface area contributed by atoms with E-state index in [1.807, 2.05) is 0 Å². The van der Waals surface area contributed by atoms with Crippen LogP contribution in [0.15, 0.2) is 18.2 Å². The Morgan fingerprint density at radius 3 is 1.71 bits per heavy atom. The van der Waals surface area contributed by atoms with Crippen LogP contribution < -0.4 is 0 Å². The Balaban J connectivity index is 0.000000606. The molecule has 1 saturated carbocycles. The van der Waals surface area contributed by atoms with E-state index in [4.69, 9.17) is 0 Å². The Bertz CT molecular complexity index is 862. The normalized spacial score (nSPS) is 21.5. The summed E-state index contributed by atoms with van der Waals surface area (Å²) in [6.45, 7) is 44.7. The minimum atomic E-state index is 0.508. The fraction of sp³-hybridized carbons (Fsp3) is 0.857. The van der Waals surface area contributed by atoms with E-state index >= 15 is 0 Å². The van der Waals surface area contributed by atoms with Crippen molar-refractivity contribution in [1.29, 1.82) is 0 Å². The lowest BCUT2D eigenvalue weighted by Gasteiger charge is -2.49. The standard InChI is InChI=1S/C16H32.C13H20.C13H28/c1-12(2)8-16(7)10-14(13(3)4)9-15(5,6)11-16;1-9(2)12-7-6-11(5)13(8-12)10(3)4;1-10(2)8-12(5)9-13(6,7)11(3)4/h12-14H,8-11H2,1-7H3;6-10H,1-5H3;10-12H,8-9H2,1-7H3. The lowest BCUT2D eigenvalue weighted by Crippen LogP contribution is -2.38. The first kappa shape index (κ1) is 41.2. The van der Waals surface area contributed by atoms with Crippen LogP contribution in [0.3, 0.4) is 0 Å². The Labute approximate surface area is 268 Å². The summed E-state index contributed by atoms with van der Waals surface area (Å²) in [6.07, 6.45) is 8.44. The monoisotopic (exact) mass is 585 g/mol. The molecule has 0 heterocycles. The van der Waals surface area contributed by atoms with Gasteiger partial charge in [0.05, 0.1) is 0 Å². The largest absolute Gasteiger partial charge is 0.0628 e. The molecule has 1 aromatic carbocycles. The van der Waals surface area contributed by atoms with Crippen LogP contribution in [0.5, 0.6) is 0 Å². The summed E-state index contributed by atoms with van der Waals surface area (Å²) in [5.41, 5.74) is 6.01. The van der Waals surface area contributed by atoms with Crippen molar-refractivity contribution < 1.29 is 0 Å². The summed E-state index contributed by atoms with van der Waals surface area (Å²) in [4.78, 5) is 0. The first-order valence-corrected chi connectivity index (χ1v) is 18.0. The molecule has 42 heavy (non-hydrogen) atoms. The molecule has 2 rings (SSSR count). The Morgan fingerprint density at radius 1 is 0.762 bits per heavy atom. The van der Waals surface area contributed by atoms with Gasteiger partial charge >= 0.3 is 0 Å². The van der Waals surface area contributed by atoms with Gasteiger partial charge in [0.1, 0.15) is 0 Å². The predicted molar refractivity (Wildman–Crippen MR) is 195 cm³/mol. The van der Waals surface area contributed by atoms with E-state index in [9.17, 15) is 0 Å². The molecular formula is C42H80. The second kappa shape index (κ2) is 17.6. The van der Waals surface area contributed by atoms with Gasteiger partial charge in [0.15, 0.2) is 0 Å². The van der Waals surface area contributed by atoms with E-state index in [0.29, 0.717) is 28.1 Å². The highest BCUT2D eigenvalue weighted by molar-refractivity contribution is 5.34. The molecule has 1 fully saturated rings. The molecule has 0 radical (unpaired) electrons. The molecule has 0 nitrogen and oxygen atoms in total. The van der Waals surface area contributed by atoms with Gasteiger partial charge in [0.25, 0.3) is 0 Å². The zero-order chi connectivity index (χ0) is 33.2. The minimum absolute atomic E-state index is 0.508. The van der Waals surface area contributed by atoms with Crippen molar-refractivity contribution in [2.75, 3.05) is 0 Å². The zero-order valence-corrected chi connectivity index (χ0v) is 32.6. The number of hydrogen-bond donors (Lipinski definition) is 0. The van der Waals surface area contributed by atoms with E-state index in [-0.39, 0.29) is 0 Å². The Hall–Kier alpha value is -0.780. The summed E-state index contributed by atoms with van der Waals surface area (Å²) < 4.78 is 0. The molecule has 0 heteroatoms. The first-order chi connectivity index (χ1) is 18.9. The second-order valence-electron chi connectivity index (χ2n) is 18.7. The van der Waals surface area contributed by atoms with Crippen LogP contribution in [-0.2, 0) is 0 Å². The quantitative estimate of drug-likeness (QED) is 0.256. The number of benzene rings is 1. The molecule has 0 saturated heterocycles. The third kappa shape index (κ3) is 15.8. The van der Waals surface area contributed by atoms with E-state index < -0.39 is 0 Å². The minimum Gasteiger partial charge on any atom is -0.0628 e.